The van der Waals surface area contributed by atoms with E-state index < -0.39 is 5.97 Å². The third-order valence-electron chi connectivity index (χ3n) is 3.88. The average Bonchev–Trinajstić information content (AvgIpc) is 2.84. The van der Waals surface area contributed by atoms with Gasteiger partial charge in [-0.1, -0.05) is 6.92 Å². The average molecular weight is 296 g/mol. The number of likely N-dealkylation sites (tertiary alicyclic amines) is 1. The number of carboxylic acids is 1. The fourth-order valence-corrected chi connectivity index (χ4v) is 3.46. The van der Waals surface area contributed by atoms with Crippen molar-refractivity contribution in [2.75, 3.05) is 13.1 Å². The maximum Gasteiger partial charge on any atom is 0.303 e. The Morgan fingerprint density at radius 2 is 2.35 bits per heavy atom. The van der Waals surface area contributed by atoms with Crippen LogP contribution < -0.4 is 0 Å². The highest BCUT2D eigenvalue weighted by molar-refractivity contribution is 7.13. The lowest BCUT2D eigenvalue weighted by Gasteiger charge is -2.35. The van der Waals surface area contributed by atoms with Crippen molar-refractivity contribution < 1.29 is 14.7 Å². The van der Waals surface area contributed by atoms with Crippen LogP contribution in [0, 0.1) is 18.8 Å². The second-order valence-corrected chi connectivity index (χ2v) is 6.71. The molecule has 0 spiro atoms. The number of carboxylic acid groups (broad SMARTS) is 1. The van der Waals surface area contributed by atoms with Gasteiger partial charge in [0, 0.05) is 19.5 Å². The third kappa shape index (κ3) is 3.56. The molecule has 2 unspecified atom stereocenters. The van der Waals surface area contributed by atoms with E-state index >= 15 is 0 Å². The minimum absolute atomic E-state index is 0.0304. The van der Waals surface area contributed by atoms with Crippen LogP contribution in [0.2, 0.25) is 0 Å². The van der Waals surface area contributed by atoms with E-state index in [0.29, 0.717) is 11.4 Å². The van der Waals surface area contributed by atoms with Crippen LogP contribution in [0.4, 0.5) is 0 Å². The molecule has 1 fully saturated rings. The van der Waals surface area contributed by atoms with Gasteiger partial charge in [0.1, 0.15) is 4.88 Å². The van der Waals surface area contributed by atoms with Gasteiger partial charge in [0.05, 0.1) is 11.2 Å². The number of amides is 1. The lowest BCUT2D eigenvalue weighted by molar-refractivity contribution is -0.138. The molecular weight excluding hydrogens is 276 g/mol. The summed E-state index contributed by atoms with van der Waals surface area (Å²) in [7, 11) is 0. The molecule has 2 rings (SSSR count). The van der Waals surface area contributed by atoms with Gasteiger partial charge in [0.2, 0.25) is 0 Å². The molecule has 0 aliphatic carbocycles. The van der Waals surface area contributed by atoms with Crippen LogP contribution in [-0.4, -0.2) is 40.0 Å². The number of carbonyl (C=O) groups is 2. The molecule has 20 heavy (non-hydrogen) atoms. The first-order chi connectivity index (χ1) is 9.47. The van der Waals surface area contributed by atoms with Gasteiger partial charge >= 0.3 is 5.97 Å². The van der Waals surface area contributed by atoms with Gasteiger partial charge in [-0.2, -0.15) is 0 Å². The van der Waals surface area contributed by atoms with Gasteiger partial charge in [-0.15, -0.1) is 11.3 Å². The molecule has 2 atom stereocenters. The molecule has 1 N–H and O–H groups in total. The fraction of sp³-hybridized carbons (Fsp3) is 0.643. The van der Waals surface area contributed by atoms with Crippen molar-refractivity contribution in [2.24, 2.45) is 11.8 Å². The van der Waals surface area contributed by atoms with E-state index in [4.69, 9.17) is 5.11 Å². The highest BCUT2D eigenvalue weighted by atomic mass is 32.1. The maximum atomic E-state index is 12.4. The van der Waals surface area contributed by atoms with Gasteiger partial charge in [0.25, 0.3) is 5.91 Å². The Hall–Kier alpha value is -1.43. The van der Waals surface area contributed by atoms with E-state index in [0.717, 1.165) is 24.4 Å². The molecule has 110 valence electrons. The highest BCUT2D eigenvalue weighted by Crippen LogP contribution is 2.27. The summed E-state index contributed by atoms with van der Waals surface area (Å²) in [4.78, 5) is 29.8. The number of aromatic nitrogens is 1. The zero-order chi connectivity index (χ0) is 14.7. The summed E-state index contributed by atoms with van der Waals surface area (Å²) in [6.07, 6.45) is 3.75. The van der Waals surface area contributed by atoms with Crippen molar-refractivity contribution in [2.45, 2.75) is 33.1 Å². The molecule has 2 heterocycles. The number of hydrogen-bond acceptors (Lipinski definition) is 4. The first kappa shape index (κ1) is 15.0. The maximum absolute atomic E-state index is 12.4. The van der Waals surface area contributed by atoms with Crippen molar-refractivity contribution in [3.05, 3.63) is 16.1 Å². The van der Waals surface area contributed by atoms with E-state index in [1.165, 1.54) is 11.3 Å². The van der Waals surface area contributed by atoms with E-state index in [1.807, 2.05) is 18.7 Å². The number of piperidine rings is 1. The molecule has 5 nitrogen and oxygen atoms in total. The van der Waals surface area contributed by atoms with Gasteiger partial charge < -0.3 is 10.0 Å². The Bertz CT molecular complexity index is 500. The van der Waals surface area contributed by atoms with Crippen LogP contribution in [0.3, 0.4) is 0 Å². The quantitative estimate of drug-likeness (QED) is 0.926. The van der Waals surface area contributed by atoms with Gasteiger partial charge in [-0.05, 0) is 31.6 Å². The molecule has 1 aromatic rings. The van der Waals surface area contributed by atoms with Crippen LogP contribution in [-0.2, 0) is 4.79 Å². The topological polar surface area (TPSA) is 70.5 Å². The molecule has 0 radical (unpaired) electrons. The van der Waals surface area contributed by atoms with E-state index in [-0.39, 0.29) is 24.2 Å². The Morgan fingerprint density at radius 1 is 1.60 bits per heavy atom. The minimum atomic E-state index is -0.765. The minimum Gasteiger partial charge on any atom is -0.481 e. The molecule has 0 saturated carbocycles. The summed E-state index contributed by atoms with van der Waals surface area (Å²) >= 11 is 1.41. The van der Waals surface area contributed by atoms with Crippen molar-refractivity contribution in [3.63, 3.8) is 0 Å². The number of aliphatic carboxylic acids is 1. The Balaban J connectivity index is 1.99. The molecule has 1 aliphatic rings. The van der Waals surface area contributed by atoms with Gasteiger partial charge in [-0.3, -0.25) is 9.59 Å². The van der Waals surface area contributed by atoms with Crippen molar-refractivity contribution in [3.8, 4) is 0 Å². The zero-order valence-electron chi connectivity index (χ0n) is 11.8. The largest absolute Gasteiger partial charge is 0.481 e. The monoisotopic (exact) mass is 296 g/mol. The zero-order valence-corrected chi connectivity index (χ0v) is 12.7. The SMILES string of the molecule is Cc1ncc(C(=O)N2CCCC(C(C)CC(=O)O)C2)s1. The smallest absolute Gasteiger partial charge is 0.303 e. The third-order valence-corrected chi connectivity index (χ3v) is 4.78. The van der Waals surface area contributed by atoms with Gasteiger partial charge in [-0.25, -0.2) is 4.98 Å². The van der Waals surface area contributed by atoms with Crippen LogP contribution >= 0.6 is 11.3 Å². The molecule has 0 bridgehead atoms. The summed E-state index contributed by atoms with van der Waals surface area (Å²) in [6.45, 7) is 5.26. The number of hydrogen-bond donors (Lipinski definition) is 1. The number of nitrogens with zero attached hydrogens (tertiary/aromatic N) is 2. The summed E-state index contributed by atoms with van der Waals surface area (Å²) < 4.78 is 0. The Kier molecular flexibility index (Phi) is 4.75. The van der Waals surface area contributed by atoms with Crippen LogP contribution in [0.15, 0.2) is 6.20 Å². The number of rotatable bonds is 4. The molecule has 1 aromatic heterocycles. The summed E-state index contributed by atoms with van der Waals surface area (Å²) in [6, 6.07) is 0. The normalized spacial score (nSPS) is 20.7. The van der Waals surface area contributed by atoms with E-state index in [9.17, 15) is 9.59 Å². The lowest BCUT2D eigenvalue weighted by Crippen LogP contribution is -2.41. The van der Waals surface area contributed by atoms with Crippen LogP contribution in [0.1, 0.15) is 40.9 Å². The van der Waals surface area contributed by atoms with Crippen molar-refractivity contribution >= 4 is 23.2 Å². The van der Waals surface area contributed by atoms with E-state index in [1.54, 1.807) is 6.20 Å². The number of aryl methyl sites for hydroxylation is 1. The first-order valence-corrected chi connectivity index (χ1v) is 7.72. The van der Waals surface area contributed by atoms with Gasteiger partial charge in [0.15, 0.2) is 0 Å². The predicted octanol–water partition coefficient (Wildman–Crippen LogP) is 2.41. The predicted molar refractivity (Wildman–Crippen MR) is 76.9 cm³/mol. The summed E-state index contributed by atoms with van der Waals surface area (Å²) in [5.74, 6) is -0.356. The summed E-state index contributed by atoms with van der Waals surface area (Å²) in [5, 5.41) is 9.77. The molecule has 1 amide bonds. The standard InChI is InChI=1S/C14H20N2O3S/c1-9(6-13(17)18)11-4-3-5-16(8-11)14(19)12-7-15-10(2)20-12/h7,9,11H,3-6,8H2,1-2H3,(H,17,18). The molecular formula is C14H20N2O3S. The van der Waals surface area contributed by atoms with Crippen molar-refractivity contribution in [1.29, 1.82) is 0 Å². The summed E-state index contributed by atoms with van der Waals surface area (Å²) in [5.41, 5.74) is 0. The highest BCUT2D eigenvalue weighted by Gasteiger charge is 2.29. The Morgan fingerprint density at radius 3 is 2.95 bits per heavy atom. The number of thiazole rings is 1. The second-order valence-electron chi connectivity index (χ2n) is 5.47. The number of carbonyl (C=O) groups excluding carboxylic acids is 1. The van der Waals surface area contributed by atoms with E-state index in [2.05, 4.69) is 4.98 Å². The first-order valence-electron chi connectivity index (χ1n) is 6.91. The molecule has 1 aliphatic heterocycles. The molecule has 0 aromatic carbocycles. The lowest BCUT2D eigenvalue weighted by atomic mass is 9.84. The molecule has 6 heteroatoms. The van der Waals surface area contributed by atoms with Crippen LogP contribution in [0.25, 0.3) is 0 Å². The van der Waals surface area contributed by atoms with Crippen LogP contribution in [0.5, 0.6) is 0 Å². The Labute approximate surface area is 122 Å². The second kappa shape index (κ2) is 6.35. The fourth-order valence-electron chi connectivity index (χ4n) is 2.72. The van der Waals surface area contributed by atoms with Crippen molar-refractivity contribution in [1.82, 2.24) is 9.88 Å². The molecule has 1 saturated heterocycles.